The molecule has 5 nitrogen and oxygen atoms in total. The van der Waals surface area contributed by atoms with E-state index in [-0.39, 0.29) is 12.1 Å². The highest BCUT2D eigenvalue weighted by atomic mass is 32.1. The average molecular weight is 314 g/mol. The number of anilines is 1. The van der Waals surface area contributed by atoms with E-state index in [1.165, 1.54) is 10.4 Å². The Bertz CT molecular complexity index is 712. The van der Waals surface area contributed by atoms with Crippen molar-refractivity contribution in [2.24, 2.45) is 0 Å². The molecule has 2 aliphatic heterocycles. The summed E-state index contributed by atoms with van der Waals surface area (Å²) >= 11 is 1.73. The van der Waals surface area contributed by atoms with Crippen molar-refractivity contribution in [3.8, 4) is 0 Å². The molecule has 114 valence electrons. The Labute approximate surface area is 133 Å². The lowest BCUT2D eigenvalue weighted by Crippen LogP contribution is -2.38. The van der Waals surface area contributed by atoms with Crippen molar-refractivity contribution in [2.75, 3.05) is 18.4 Å². The molecule has 4 heterocycles. The summed E-state index contributed by atoms with van der Waals surface area (Å²) in [7, 11) is 0. The van der Waals surface area contributed by atoms with Gasteiger partial charge in [-0.1, -0.05) is 13.0 Å². The van der Waals surface area contributed by atoms with Gasteiger partial charge in [0.25, 0.3) is 5.91 Å². The topological polar surface area (TPSA) is 57.3 Å². The lowest BCUT2D eigenvalue weighted by molar-refractivity contribution is 0.0934. The Kier molecular flexibility index (Phi) is 3.35. The third-order valence-corrected chi connectivity index (χ3v) is 5.53. The number of pyridine rings is 1. The zero-order valence-electron chi connectivity index (χ0n) is 12.4. The van der Waals surface area contributed by atoms with E-state index in [1.54, 1.807) is 23.7 Å². The fourth-order valence-electron chi connectivity index (χ4n) is 3.15. The van der Waals surface area contributed by atoms with Crippen LogP contribution in [-0.2, 0) is 13.0 Å². The molecular weight excluding hydrogens is 296 g/mol. The van der Waals surface area contributed by atoms with Gasteiger partial charge >= 0.3 is 0 Å². The van der Waals surface area contributed by atoms with Gasteiger partial charge in [-0.05, 0) is 24.6 Å². The summed E-state index contributed by atoms with van der Waals surface area (Å²) in [6, 6.07) is 3.86. The number of hydrogen-bond donors (Lipinski definition) is 2. The lowest BCUT2D eigenvalue weighted by atomic mass is 10.0. The van der Waals surface area contributed by atoms with Crippen molar-refractivity contribution < 1.29 is 4.79 Å². The van der Waals surface area contributed by atoms with Crippen molar-refractivity contribution >= 4 is 22.2 Å². The summed E-state index contributed by atoms with van der Waals surface area (Å²) in [5, 5.41) is 7.52. The number of amides is 1. The van der Waals surface area contributed by atoms with Crippen LogP contribution in [-0.4, -0.2) is 28.9 Å². The summed E-state index contributed by atoms with van der Waals surface area (Å²) in [5.41, 5.74) is 3.07. The van der Waals surface area contributed by atoms with E-state index in [0.29, 0.717) is 0 Å². The van der Waals surface area contributed by atoms with Crippen LogP contribution in [0.4, 0.5) is 5.00 Å². The molecule has 6 heteroatoms. The molecule has 1 amide bonds. The van der Waals surface area contributed by atoms with Crippen LogP contribution in [0.15, 0.2) is 24.5 Å². The first-order chi connectivity index (χ1) is 10.8. The van der Waals surface area contributed by atoms with Gasteiger partial charge in [-0.15, -0.1) is 11.3 Å². The van der Waals surface area contributed by atoms with E-state index in [9.17, 15) is 4.79 Å². The average Bonchev–Trinajstić information content (AvgIpc) is 2.93. The number of nitrogens with one attached hydrogen (secondary N) is 2. The van der Waals surface area contributed by atoms with E-state index in [1.807, 2.05) is 12.1 Å². The number of thiophene rings is 1. The Morgan fingerprint density at radius 1 is 1.45 bits per heavy atom. The maximum atomic E-state index is 12.6. The molecule has 0 saturated heterocycles. The van der Waals surface area contributed by atoms with Gasteiger partial charge in [0.1, 0.15) is 11.2 Å². The standard InChI is InChI=1S/C16H18N4OS/c1-2-20-7-5-11-12(9-20)22-16-13(11)15(21)18-14(19-16)10-4-3-6-17-8-10/h3-4,6,8,14,19H,2,5,7,9H2,1H3,(H,18,21)/t14-/m1/s1. The normalized spacial score (nSPS) is 20.8. The Balaban J connectivity index is 1.68. The molecular formula is C16H18N4OS. The highest BCUT2D eigenvalue weighted by molar-refractivity contribution is 7.16. The predicted molar refractivity (Wildman–Crippen MR) is 87.0 cm³/mol. The number of carbonyl (C=O) groups is 1. The lowest BCUT2D eigenvalue weighted by Gasteiger charge is -2.27. The van der Waals surface area contributed by atoms with Gasteiger partial charge < -0.3 is 10.6 Å². The van der Waals surface area contributed by atoms with Gasteiger partial charge in [0.05, 0.1) is 5.56 Å². The van der Waals surface area contributed by atoms with Crippen LogP contribution in [0.1, 0.15) is 39.5 Å². The van der Waals surface area contributed by atoms with Crippen molar-refractivity contribution in [3.05, 3.63) is 46.1 Å². The van der Waals surface area contributed by atoms with Crippen molar-refractivity contribution in [3.63, 3.8) is 0 Å². The van der Waals surface area contributed by atoms with E-state index < -0.39 is 0 Å². The van der Waals surface area contributed by atoms with Crippen molar-refractivity contribution in [1.82, 2.24) is 15.2 Å². The molecule has 0 bridgehead atoms. The zero-order valence-corrected chi connectivity index (χ0v) is 13.2. The van der Waals surface area contributed by atoms with E-state index in [0.717, 1.165) is 42.2 Å². The largest absolute Gasteiger partial charge is 0.353 e. The summed E-state index contributed by atoms with van der Waals surface area (Å²) in [6.07, 6.45) is 4.29. The molecule has 22 heavy (non-hydrogen) atoms. The minimum absolute atomic E-state index is 0.0325. The van der Waals surface area contributed by atoms with Crippen LogP contribution < -0.4 is 10.6 Å². The molecule has 2 aromatic rings. The third kappa shape index (κ3) is 2.19. The zero-order chi connectivity index (χ0) is 15.1. The smallest absolute Gasteiger partial charge is 0.256 e. The Hall–Kier alpha value is -1.92. The van der Waals surface area contributed by atoms with Crippen LogP contribution in [0.25, 0.3) is 0 Å². The molecule has 2 aliphatic rings. The molecule has 0 saturated carbocycles. The predicted octanol–water partition coefficient (Wildman–Crippen LogP) is 2.38. The monoisotopic (exact) mass is 314 g/mol. The number of nitrogens with zero attached hydrogens (tertiary/aromatic N) is 2. The minimum Gasteiger partial charge on any atom is -0.353 e. The minimum atomic E-state index is -0.198. The van der Waals surface area contributed by atoms with Crippen LogP contribution in [0.2, 0.25) is 0 Å². The molecule has 0 spiro atoms. The number of carbonyl (C=O) groups excluding carboxylic acids is 1. The highest BCUT2D eigenvalue weighted by Crippen LogP contribution is 2.40. The molecule has 0 aliphatic carbocycles. The van der Waals surface area contributed by atoms with Gasteiger partial charge in [0.2, 0.25) is 0 Å². The van der Waals surface area contributed by atoms with Gasteiger partial charge in [-0.25, -0.2) is 0 Å². The Morgan fingerprint density at radius 3 is 3.14 bits per heavy atom. The number of rotatable bonds is 2. The molecule has 0 fully saturated rings. The summed E-state index contributed by atoms with van der Waals surface area (Å²) in [6.45, 7) is 5.23. The van der Waals surface area contributed by atoms with Gasteiger partial charge in [0, 0.05) is 35.9 Å². The second kappa shape index (κ2) is 5.37. The second-order valence-electron chi connectivity index (χ2n) is 5.66. The summed E-state index contributed by atoms with van der Waals surface area (Å²) in [5.74, 6) is 0.0325. The van der Waals surface area contributed by atoms with Crippen LogP contribution in [0.5, 0.6) is 0 Å². The Morgan fingerprint density at radius 2 is 2.36 bits per heavy atom. The van der Waals surface area contributed by atoms with Crippen LogP contribution >= 0.6 is 11.3 Å². The molecule has 1 atom stereocenters. The second-order valence-corrected chi connectivity index (χ2v) is 6.77. The molecule has 2 N–H and O–H groups in total. The van der Waals surface area contributed by atoms with Crippen LogP contribution in [0.3, 0.4) is 0 Å². The van der Waals surface area contributed by atoms with Gasteiger partial charge in [0.15, 0.2) is 0 Å². The summed E-state index contributed by atoms with van der Waals surface area (Å²) in [4.78, 5) is 20.5. The van der Waals surface area contributed by atoms with E-state index in [2.05, 4.69) is 27.4 Å². The highest BCUT2D eigenvalue weighted by Gasteiger charge is 2.33. The molecule has 0 radical (unpaired) electrons. The SMILES string of the molecule is CCN1CCc2c(sc3c2C(=O)N[C@@H](c2cccnc2)N3)C1. The number of fused-ring (bicyclic) bond motifs is 3. The van der Waals surface area contributed by atoms with Crippen molar-refractivity contribution in [2.45, 2.75) is 26.1 Å². The third-order valence-electron chi connectivity index (χ3n) is 4.38. The number of hydrogen-bond acceptors (Lipinski definition) is 5. The maximum Gasteiger partial charge on any atom is 0.256 e. The first kappa shape index (κ1) is 13.7. The first-order valence-corrected chi connectivity index (χ1v) is 8.42. The quantitative estimate of drug-likeness (QED) is 0.893. The number of aromatic nitrogens is 1. The molecule has 4 rings (SSSR count). The van der Waals surface area contributed by atoms with Crippen LogP contribution in [0, 0.1) is 0 Å². The van der Waals surface area contributed by atoms with E-state index >= 15 is 0 Å². The van der Waals surface area contributed by atoms with Gasteiger partial charge in [-0.3, -0.25) is 14.7 Å². The van der Waals surface area contributed by atoms with E-state index in [4.69, 9.17) is 0 Å². The first-order valence-electron chi connectivity index (χ1n) is 7.60. The molecule has 2 aromatic heterocycles. The molecule has 0 aromatic carbocycles. The number of likely N-dealkylation sites (N-methyl/N-ethyl adjacent to an activating group) is 1. The fraction of sp³-hybridized carbons (Fsp3) is 0.375. The molecule has 0 unspecified atom stereocenters. The van der Waals surface area contributed by atoms with Crippen molar-refractivity contribution in [1.29, 1.82) is 0 Å². The van der Waals surface area contributed by atoms with Gasteiger partial charge in [-0.2, -0.15) is 0 Å². The summed E-state index contributed by atoms with van der Waals surface area (Å²) < 4.78 is 0. The fourth-order valence-corrected chi connectivity index (χ4v) is 4.47. The maximum absolute atomic E-state index is 12.6.